The number of hydrogen-bond acceptors (Lipinski definition) is 25. The van der Waals surface area contributed by atoms with E-state index in [1.54, 1.807) is 101 Å². The number of fused-ring (bicyclic) bond motifs is 2. The Balaban J connectivity index is 1.30. The van der Waals surface area contributed by atoms with Gasteiger partial charge in [0.2, 0.25) is 82.7 Å². The lowest BCUT2D eigenvalue weighted by Gasteiger charge is -2.29. The molecule has 0 fully saturated rings. The first kappa shape index (κ1) is 107. The number of aromatic nitrogens is 4. The van der Waals surface area contributed by atoms with Crippen LogP contribution in [0.5, 0.6) is 0 Å². The molecular weight excluding hydrogens is 1710 g/mol. The predicted molar refractivity (Wildman–Crippen MR) is 475 cm³/mol. The van der Waals surface area contributed by atoms with Crippen LogP contribution in [0.15, 0.2) is 73.4 Å². The number of carboxylic acid groups (broad SMARTS) is 2. The number of hydrogen-bond donors (Lipinski definition) is 27. The second-order valence-corrected chi connectivity index (χ2v) is 33.3. The molecule has 0 spiro atoms. The van der Waals surface area contributed by atoms with Gasteiger partial charge in [-0.1, -0.05) is 70.5 Å². The third kappa shape index (κ3) is 35.3. The number of amides is 14. The molecule has 128 heavy (non-hydrogen) atoms. The Bertz CT molecular complexity index is 4550. The van der Waals surface area contributed by atoms with Crippen LogP contribution < -0.4 is 97.0 Å². The average Bonchev–Trinajstić information content (AvgIpc) is 1.68. The summed E-state index contributed by atoms with van der Waals surface area (Å²) in [6.07, 6.45) is 6.50. The highest BCUT2D eigenvalue weighted by atomic mass is 32.2. The summed E-state index contributed by atoms with van der Waals surface area (Å²) in [7, 11) is 0. The second-order valence-electron chi connectivity index (χ2n) is 31.3. The normalized spacial score (nSPS) is 15.0. The van der Waals surface area contributed by atoms with E-state index in [1.165, 1.54) is 49.9 Å². The standard InChI is InChI=1S/C82H125N23O21S2/c1-9-43(4)66(79(123)97-56(23-24-65(110)111)72(116)103-63(40-107)78(122)101-61(81(125)126)33-47-36-90-53-20-13-11-18-50(47)53)104-64(109)38-91-70(114)60(34-48-37-87-41-92-48)98-68(112)44(5)93-71(115)54(21-14-15-27-83)94-73(117)57(26-30-128-8)96-75(119)58(31-42(2)3)99-76(120)59(32-46-35-89-52-19-12-10-17-49(46)52)100-80(124)67(45(6)108)105-74(118)55(22-16-28-88-82(85)86)95-77(121)62(39-106)102-69(113)51(84)25-29-127-7/h10-13,17-20,35-37,41-45,51,54-63,66-67,89-90,106-108H,9,14-16,21-34,38-40,83-84H2,1-8H3,(H,87,92)(H,91,114)(H,93,115)(H,94,117)(H,95,121)(H,96,119)(H,97,123)(H,98,112)(H,99,120)(H,100,124)(H,101,122)(H,102,113)(H,103,116)(H,104,109)(H,105,118)(H,110,111)(H,125,126)(H4,85,86,88)/t43-,44-,45+,51-,54-,55-,56-,57-,58-,59-,60-,61-,62-,63-,66-,67-/m0/s1. The van der Waals surface area contributed by atoms with Crippen LogP contribution in [0.1, 0.15) is 129 Å². The molecule has 0 radical (unpaired) electrons. The summed E-state index contributed by atoms with van der Waals surface area (Å²) in [6.45, 7) is 6.60. The van der Waals surface area contributed by atoms with Crippen molar-refractivity contribution >= 4 is 146 Å². The fraction of sp³-hybridized carbons (Fsp3) is 0.561. The van der Waals surface area contributed by atoms with Crippen molar-refractivity contribution in [3.05, 3.63) is 90.3 Å². The number of aliphatic hydroxyl groups excluding tert-OH is 3. The summed E-state index contributed by atoms with van der Waals surface area (Å²) < 4.78 is 0. The van der Waals surface area contributed by atoms with Gasteiger partial charge in [0, 0.05) is 78.3 Å². The third-order valence-corrected chi connectivity index (χ3v) is 22.1. The first-order valence-corrected chi connectivity index (χ1v) is 44.8. The van der Waals surface area contributed by atoms with E-state index >= 15 is 4.79 Å². The molecule has 0 aliphatic rings. The van der Waals surface area contributed by atoms with Gasteiger partial charge in [0.25, 0.3) is 0 Å². The number of nitrogens with zero attached hydrogens (tertiary/aromatic N) is 1. The topological polar surface area (TPSA) is 717 Å². The molecule has 44 nitrogen and oxygen atoms in total. The van der Waals surface area contributed by atoms with Crippen molar-refractivity contribution < 1.29 is 102 Å². The number of imidazole rings is 1. The van der Waals surface area contributed by atoms with Crippen molar-refractivity contribution in [2.45, 2.75) is 222 Å². The lowest BCUT2D eigenvalue weighted by molar-refractivity contribution is -0.142. The van der Waals surface area contributed by atoms with Crippen molar-refractivity contribution in [2.75, 3.05) is 56.9 Å². The van der Waals surface area contributed by atoms with Gasteiger partial charge in [-0.25, -0.2) is 9.78 Å². The number of aliphatic hydroxyl groups is 3. The maximum atomic E-state index is 15.0. The number of thioether (sulfide) groups is 2. The Hall–Kier alpha value is -12.0. The van der Waals surface area contributed by atoms with Gasteiger partial charge in [0.15, 0.2) is 5.96 Å². The molecule has 30 N–H and O–H groups in total. The number of unbranched alkanes of at least 4 members (excludes halogenated alkanes) is 1. The van der Waals surface area contributed by atoms with Gasteiger partial charge in [-0.15, -0.1) is 0 Å². The molecule has 16 atom stereocenters. The van der Waals surface area contributed by atoms with Gasteiger partial charge in [0.05, 0.1) is 38.2 Å². The number of carboxylic acids is 2. The summed E-state index contributed by atoms with van der Waals surface area (Å²) in [5.41, 5.74) is 20.0. The minimum atomic E-state index is -1.85. The zero-order valence-corrected chi connectivity index (χ0v) is 74.5. The Morgan fingerprint density at radius 3 is 1.46 bits per heavy atom. The van der Waals surface area contributed by atoms with Crippen LogP contribution in [-0.2, 0) is 96.0 Å². The monoisotopic (exact) mass is 1830 g/mol. The van der Waals surface area contributed by atoms with E-state index in [0.29, 0.717) is 50.8 Å². The van der Waals surface area contributed by atoms with Crippen LogP contribution in [0, 0.1) is 17.2 Å². The molecule has 0 unspecified atom stereocenters. The van der Waals surface area contributed by atoms with E-state index in [4.69, 9.17) is 22.6 Å². The number of aromatic amines is 3. The highest BCUT2D eigenvalue weighted by molar-refractivity contribution is 7.98. The fourth-order valence-electron chi connectivity index (χ4n) is 13.3. The van der Waals surface area contributed by atoms with E-state index in [9.17, 15) is 97.5 Å². The molecule has 0 saturated heterocycles. The molecular formula is C82H125N23O21S2. The van der Waals surface area contributed by atoms with Crippen LogP contribution in [-0.4, -0.2) is 294 Å². The number of benzene rings is 2. The zero-order valence-electron chi connectivity index (χ0n) is 72.9. The van der Waals surface area contributed by atoms with Gasteiger partial charge in [-0.05, 0) is 137 Å². The van der Waals surface area contributed by atoms with Gasteiger partial charge < -0.3 is 137 Å². The van der Waals surface area contributed by atoms with Gasteiger partial charge in [-0.3, -0.25) is 77.3 Å². The molecule has 5 aromatic rings. The zero-order chi connectivity index (χ0) is 94.9. The Morgan fingerprint density at radius 1 is 0.484 bits per heavy atom. The minimum absolute atomic E-state index is 0.0312. The third-order valence-electron chi connectivity index (χ3n) is 20.8. The predicted octanol–water partition coefficient (Wildman–Crippen LogP) is -4.53. The van der Waals surface area contributed by atoms with Gasteiger partial charge >= 0.3 is 11.9 Å². The lowest BCUT2D eigenvalue weighted by Crippen LogP contribution is -2.62. The van der Waals surface area contributed by atoms with E-state index < -0.39 is 230 Å². The van der Waals surface area contributed by atoms with Crippen molar-refractivity contribution in [1.82, 2.24) is 99.7 Å². The molecule has 0 aliphatic carbocycles. The van der Waals surface area contributed by atoms with Gasteiger partial charge in [0.1, 0.15) is 78.5 Å². The van der Waals surface area contributed by atoms with Crippen LogP contribution in [0.2, 0.25) is 0 Å². The van der Waals surface area contributed by atoms with Crippen molar-refractivity contribution in [1.29, 1.82) is 5.41 Å². The Kier molecular flexibility index (Phi) is 45.7. The number of nitrogens with two attached hydrogens (primary N) is 3. The first-order valence-electron chi connectivity index (χ1n) is 42.0. The van der Waals surface area contributed by atoms with Gasteiger partial charge in [-0.2, -0.15) is 23.5 Å². The highest BCUT2D eigenvalue weighted by Crippen LogP contribution is 2.23. The van der Waals surface area contributed by atoms with Crippen LogP contribution >= 0.6 is 23.5 Å². The lowest BCUT2D eigenvalue weighted by atomic mass is 9.97. The fourth-order valence-corrected chi connectivity index (χ4v) is 14.3. The molecule has 3 heterocycles. The van der Waals surface area contributed by atoms with Crippen LogP contribution in [0.4, 0.5) is 0 Å². The summed E-state index contributed by atoms with van der Waals surface area (Å²) in [5.74, 6) is -17.1. The number of para-hydroxylation sites is 2. The van der Waals surface area contributed by atoms with E-state index in [-0.39, 0.29) is 95.4 Å². The molecule has 5 rings (SSSR count). The van der Waals surface area contributed by atoms with E-state index in [2.05, 4.69) is 99.7 Å². The number of carbonyl (C=O) groups excluding carboxylic acids is 14. The SMILES string of the molecule is CC[C@H](C)[C@H](NC(=O)CNC(=O)[C@H](Cc1cnc[nH]1)NC(=O)[C@H](C)NC(=O)[C@H](CCCCN)NC(=O)[C@H](CCSC)NC(=O)[C@H](CC(C)C)NC(=O)[C@H](Cc1c[nH]c2ccccc12)NC(=O)[C@@H](NC(=O)[C@H](CCCNC(=N)N)NC(=O)[C@H](CO)NC(=O)[C@@H](N)CCSC)[C@@H](C)O)C(=O)N[C@@H](CCC(=O)O)C(=O)N[C@@H](CO)C(=O)N[C@@H](Cc1c[nH]c2ccccc12)C(=O)O. The number of nitrogens with one attached hydrogen (secondary N) is 19. The second kappa shape index (κ2) is 54.9. The number of guanidine groups is 1. The number of rotatable bonds is 59. The summed E-state index contributed by atoms with van der Waals surface area (Å²) in [5, 5.41) is 98.0. The molecule has 0 bridgehead atoms. The molecule has 46 heteroatoms. The Morgan fingerprint density at radius 2 is 0.938 bits per heavy atom. The number of H-pyrrole nitrogens is 3. The molecule has 2 aromatic carbocycles. The molecule has 0 saturated carbocycles. The summed E-state index contributed by atoms with van der Waals surface area (Å²) in [6, 6.07) is -7.30. The smallest absolute Gasteiger partial charge is 0.326 e. The van der Waals surface area contributed by atoms with Crippen molar-refractivity contribution in [3.63, 3.8) is 0 Å². The van der Waals surface area contributed by atoms with Crippen molar-refractivity contribution in [2.24, 2.45) is 29.0 Å². The maximum Gasteiger partial charge on any atom is 0.326 e. The Labute approximate surface area is 748 Å². The average molecular weight is 1830 g/mol. The van der Waals surface area contributed by atoms with Crippen molar-refractivity contribution in [3.8, 4) is 0 Å². The number of aliphatic carboxylic acids is 2. The number of carbonyl (C=O) groups is 16. The molecule has 0 aliphatic heterocycles. The van der Waals surface area contributed by atoms with Crippen LogP contribution in [0.3, 0.4) is 0 Å². The summed E-state index contributed by atoms with van der Waals surface area (Å²) >= 11 is 2.74. The van der Waals surface area contributed by atoms with E-state index in [0.717, 1.165) is 0 Å². The summed E-state index contributed by atoms with van der Waals surface area (Å²) in [4.78, 5) is 235. The minimum Gasteiger partial charge on any atom is -0.481 e. The van der Waals surface area contributed by atoms with Crippen LogP contribution in [0.25, 0.3) is 21.8 Å². The van der Waals surface area contributed by atoms with E-state index in [1.807, 2.05) is 0 Å². The first-order chi connectivity index (χ1) is 60.9. The highest BCUT2D eigenvalue weighted by Gasteiger charge is 2.39. The largest absolute Gasteiger partial charge is 0.481 e. The molecule has 3 aromatic heterocycles. The maximum absolute atomic E-state index is 15.0. The molecule has 14 amide bonds. The quantitative estimate of drug-likeness (QED) is 0.00991. The molecule has 706 valence electrons.